The first-order valence-corrected chi connectivity index (χ1v) is 7.07. The van der Waals surface area contributed by atoms with E-state index in [1.807, 2.05) is 24.3 Å². The van der Waals surface area contributed by atoms with Crippen molar-refractivity contribution in [2.24, 2.45) is 5.73 Å². The predicted molar refractivity (Wildman–Crippen MR) is 88.2 cm³/mol. The lowest BCUT2D eigenvalue weighted by Gasteiger charge is -2.15. The number of aromatic nitrogens is 1. The maximum absolute atomic E-state index is 5.86. The number of rotatable bonds is 4. The molecule has 3 rings (SSSR count). The van der Waals surface area contributed by atoms with Crippen LogP contribution in [0.15, 0.2) is 48.7 Å². The van der Waals surface area contributed by atoms with Gasteiger partial charge in [-0.1, -0.05) is 24.3 Å². The van der Waals surface area contributed by atoms with Gasteiger partial charge in [-0.3, -0.25) is 4.98 Å². The van der Waals surface area contributed by atoms with Crippen LogP contribution in [0.25, 0.3) is 22.0 Å². The zero-order chi connectivity index (χ0) is 15.5. The molecule has 1 heterocycles. The van der Waals surface area contributed by atoms with E-state index in [2.05, 4.69) is 23.2 Å². The van der Waals surface area contributed by atoms with Crippen molar-refractivity contribution < 1.29 is 9.47 Å². The summed E-state index contributed by atoms with van der Waals surface area (Å²) in [4.78, 5) is 4.51. The van der Waals surface area contributed by atoms with Crippen molar-refractivity contribution in [3.05, 3.63) is 54.2 Å². The first kappa shape index (κ1) is 14.4. The highest BCUT2D eigenvalue weighted by atomic mass is 16.5. The van der Waals surface area contributed by atoms with Gasteiger partial charge >= 0.3 is 0 Å². The van der Waals surface area contributed by atoms with Gasteiger partial charge in [-0.15, -0.1) is 0 Å². The zero-order valence-electron chi connectivity index (χ0n) is 12.7. The third-order valence-corrected chi connectivity index (χ3v) is 3.72. The minimum absolute atomic E-state index is 0.381. The second-order valence-corrected chi connectivity index (χ2v) is 4.96. The fourth-order valence-corrected chi connectivity index (χ4v) is 2.69. The smallest absolute Gasteiger partial charge is 0.165 e. The number of hydrogen-bond donors (Lipinski definition) is 1. The number of pyridine rings is 1. The van der Waals surface area contributed by atoms with Crippen molar-refractivity contribution in [1.29, 1.82) is 0 Å². The lowest BCUT2D eigenvalue weighted by atomic mass is 9.99. The Morgan fingerprint density at radius 1 is 1.05 bits per heavy atom. The summed E-state index contributed by atoms with van der Waals surface area (Å²) in [6.45, 7) is 0.381. The molecule has 112 valence electrons. The van der Waals surface area contributed by atoms with E-state index in [9.17, 15) is 0 Å². The number of nitrogens with zero attached hydrogens (tertiary/aromatic N) is 1. The van der Waals surface area contributed by atoms with E-state index in [1.165, 1.54) is 0 Å². The van der Waals surface area contributed by atoms with Gasteiger partial charge in [0.15, 0.2) is 11.5 Å². The average molecular weight is 294 g/mol. The molecule has 0 saturated heterocycles. The Kier molecular flexibility index (Phi) is 3.94. The van der Waals surface area contributed by atoms with Gasteiger partial charge in [0.2, 0.25) is 0 Å². The molecule has 0 bridgehead atoms. The Morgan fingerprint density at radius 3 is 2.59 bits per heavy atom. The van der Waals surface area contributed by atoms with E-state index < -0.39 is 0 Å². The molecule has 0 radical (unpaired) electrons. The van der Waals surface area contributed by atoms with Gasteiger partial charge in [0, 0.05) is 29.3 Å². The normalized spacial score (nSPS) is 10.7. The molecule has 22 heavy (non-hydrogen) atoms. The minimum atomic E-state index is 0.381. The lowest BCUT2D eigenvalue weighted by Crippen LogP contribution is -2.02. The van der Waals surface area contributed by atoms with Crippen molar-refractivity contribution in [2.45, 2.75) is 6.54 Å². The molecule has 0 aliphatic rings. The summed E-state index contributed by atoms with van der Waals surface area (Å²) in [5.41, 5.74) is 9.79. The Balaban J connectivity index is 2.27. The van der Waals surface area contributed by atoms with Crippen molar-refractivity contribution >= 4 is 10.9 Å². The van der Waals surface area contributed by atoms with E-state index in [0.29, 0.717) is 18.0 Å². The molecule has 0 aliphatic carbocycles. The highest BCUT2D eigenvalue weighted by Crippen LogP contribution is 2.37. The second-order valence-electron chi connectivity index (χ2n) is 4.96. The van der Waals surface area contributed by atoms with Gasteiger partial charge in [-0.25, -0.2) is 0 Å². The second kappa shape index (κ2) is 6.03. The molecule has 3 aromatic rings. The summed E-state index contributed by atoms with van der Waals surface area (Å²) in [5, 5.41) is 1.10. The van der Waals surface area contributed by atoms with Crippen LogP contribution in [0.2, 0.25) is 0 Å². The fourth-order valence-electron chi connectivity index (χ4n) is 2.69. The van der Waals surface area contributed by atoms with E-state index in [4.69, 9.17) is 15.2 Å². The predicted octanol–water partition coefficient (Wildman–Crippen LogP) is 3.38. The van der Waals surface area contributed by atoms with Crippen molar-refractivity contribution in [3.63, 3.8) is 0 Å². The topological polar surface area (TPSA) is 57.4 Å². The molecule has 0 fully saturated rings. The Labute approximate surface area is 129 Å². The summed E-state index contributed by atoms with van der Waals surface area (Å²) in [5.74, 6) is 1.36. The Bertz CT molecular complexity index is 785. The molecular weight excluding hydrogens is 276 g/mol. The van der Waals surface area contributed by atoms with Crippen LogP contribution in [-0.2, 0) is 6.54 Å². The number of methoxy groups -OCH3 is 2. The third kappa shape index (κ3) is 2.38. The summed E-state index contributed by atoms with van der Waals surface area (Å²) >= 11 is 0. The number of para-hydroxylation sites is 1. The van der Waals surface area contributed by atoms with Gasteiger partial charge in [0.25, 0.3) is 0 Å². The number of nitrogens with two attached hydrogens (primary N) is 1. The van der Waals surface area contributed by atoms with Crippen LogP contribution >= 0.6 is 0 Å². The first-order chi connectivity index (χ1) is 10.8. The number of hydrogen-bond acceptors (Lipinski definition) is 4. The van der Waals surface area contributed by atoms with Crippen molar-refractivity contribution in [2.75, 3.05) is 14.2 Å². The van der Waals surface area contributed by atoms with Crippen LogP contribution in [0, 0.1) is 0 Å². The molecule has 4 heteroatoms. The van der Waals surface area contributed by atoms with Crippen molar-refractivity contribution in [3.8, 4) is 22.6 Å². The molecule has 0 atom stereocenters. The molecule has 1 aromatic heterocycles. The molecule has 4 nitrogen and oxygen atoms in total. The largest absolute Gasteiger partial charge is 0.493 e. The number of ether oxygens (including phenoxy) is 2. The molecule has 0 spiro atoms. The molecule has 0 saturated carbocycles. The summed E-state index contributed by atoms with van der Waals surface area (Å²) in [7, 11) is 3.25. The van der Waals surface area contributed by atoms with E-state index in [0.717, 1.165) is 27.6 Å². The van der Waals surface area contributed by atoms with Crippen LogP contribution in [0.3, 0.4) is 0 Å². The molecular formula is C18H18N2O2. The first-order valence-electron chi connectivity index (χ1n) is 7.07. The molecule has 0 amide bonds. The zero-order valence-corrected chi connectivity index (χ0v) is 12.7. The monoisotopic (exact) mass is 294 g/mol. The van der Waals surface area contributed by atoms with Crippen LogP contribution in [-0.4, -0.2) is 19.2 Å². The lowest BCUT2D eigenvalue weighted by molar-refractivity contribution is 0.352. The van der Waals surface area contributed by atoms with Gasteiger partial charge in [0.1, 0.15) is 0 Å². The number of fused-ring (bicyclic) bond motifs is 1. The van der Waals surface area contributed by atoms with Crippen LogP contribution in [0.1, 0.15) is 5.56 Å². The van der Waals surface area contributed by atoms with Gasteiger partial charge < -0.3 is 15.2 Å². The standard InChI is InChI=1S/C18H18N2O2/c1-21-16-10-13(9-14(11-19)18(16)22-2)15-7-3-5-12-6-4-8-20-17(12)15/h3-10H,11,19H2,1-2H3. The fraction of sp³-hybridized carbons (Fsp3) is 0.167. The highest BCUT2D eigenvalue weighted by molar-refractivity contribution is 5.94. The van der Waals surface area contributed by atoms with E-state index in [1.54, 1.807) is 20.4 Å². The Hall–Kier alpha value is -2.59. The maximum atomic E-state index is 5.86. The molecule has 0 unspecified atom stereocenters. The molecule has 0 aliphatic heterocycles. The third-order valence-electron chi connectivity index (χ3n) is 3.72. The summed E-state index contributed by atoms with van der Waals surface area (Å²) < 4.78 is 10.9. The summed E-state index contributed by atoms with van der Waals surface area (Å²) in [6.07, 6.45) is 1.80. The van der Waals surface area contributed by atoms with Crippen LogP contribution in [0.5, 0.6) is 11.5 Å². The van der Waals surface area contributed by atoms with Crippen molar-refractivity contribution in [1.82, 2.24) is 4.98 Å². The molecule has 2 N–H and O–H groups in total. The van der Waals surface area contributed by atoms with Gasteiger partial charge in [-0.05, 0) is 23.8 Å². The maximum Gasteiger partial charge on any atom is 0.165 e. The number of benzene rings is 2. The minimum Gasteiger partial charge on any atom is -0.493 e. The SMILES string of the molecule is COc1cc(-c2cccc3cccnc23)cc(CN)c1OC. The molecule has 2 aromatic carbocycles. The van der Waals surface area contributed by atoms with E-state index in [-0.39, 0.29) is 0 Å². The average Bonchev–Trinajstić information content (AvgIpc) is 2.59. The quantitative estimate of drug-likeness (QED) is 0.801. The summed E-state index contributed by atoms with van der Waals surface area (Å²) in [6, 6.07) is 14.1. The highest BCUT2D eigenvalue weighted by Gasteiger charge is 2.14. The van der Waals surface area contributed by atoms with Gasteiger partial charge in [0.05, 0.1) is 19.7 Å². The van der Waals surface area contributed by atoms with Crippen LogP contribution < -0.4 is 15.2 Å². The van der Waals surface area contributed by atoms with Crippen LogP contribution in [0.4, 0.5) is 0 Å². The Morgan fingerprint density at radius 2 is 1.86 bits per heavy atom. The van der Waals surface area contributed by atoms with E-state index >= 15 is 0 Å². The van der Waals surface area contributed by atoms with Gasteiger partial charge in [-0.2, -0.15) is 0 Å².